The van der Waals surface area contributed by atoms with Gasteiger partial charge in [0.15, 0.2) is 0 Å². The zero-order valence-corrected chi connectivity index (χ0v) is 14.8. The predicted octanol–water partition coefficient (Wildman–Crippen LogP) is 1.98. The minimum atomic E-state index is 0.0558. The van der Waals surface area contributed by atoms with E-state index in [2.05, 4.69) is 29.0 Å². The molecule has 0 aliphatic carbocycles. The monoisotopic (exact) mass is 332 g/mol. The van der Waals surface area contributed by atoms with Gasteiger partial charge in [0.1, 0.15) is 0 Å². The second-order valence-electron chi connectivity index (χ2n) is 6.77. The number of rotatable bonds is 6. The summed E-state index contributed by atoms with van der Waals surface area (Å²) in [4.78, 5) is 7.11. The molecule has 1 aromatic carbocycles. The van der Waals surface area contributed by atoms with E-state index in [1.54, 1.807) is 0 Å². The maximum Gasteiger partial charge on any atom is 0.203 e. The molecule has 2 heterocycles. The van der Waals surface area contributed by atoms with Crippen molar-refractivity contribution in [1.82, 2.24) is 14.5 Å². The van der Waals surface area contributed by atoms with Crippen LogP contribution in [0.3, 0.4) is 0 Å². The summed E-state index contributed by atoms with van der Waals surface area (Å²) in [6.07, 6.45) is 1.72. The first-order chi connectivity index (χ1) is 11.6. The lowest BCUT2D eigenvalue weighted by Crippen LogP contribution is -2.45. The molecule has 132 valence electrons. The number of fused-ring (bicyclic) bond motifs is 1. The number of aliphatic hydroxyl groups is 1. The van der Waals surface area contributed by atoms with E-state index in [1.807, 2.05) is 29.8 Å². The van der Waals surface area contributed by atoms with Gasteiger partial charge < -0.3 is 19.7 Å². The summed E-state index contributed by atoms with van der Waals surface area (Å²) in [6, 6.07) is 5.87. The van der Waals surface area contributed by atoms with Crippen molar-refractivity contribution in [3.05, 3.63) is 23.8 Å². The second kappa shape index (κ2) is 7.51. The molecule has 1 aliphatic rings. The fraction of sp³-hybridized carbons (Fsp3) is 0.611. The van der Waals surface area contributed by atoms with Crippen molar-refractivity contribution < 1.29 is 9.84 Å². The number of benzene rings is 1. The number of nitrogens with zero attached hydrogens (tertiary/aromatic N) is 3. The highest BCUT2D eigenvalue weighted by atomic mass is 16.5. The summed E-state index contributed by atoms with van der Waals surface area (Å²) in [7, 11) is 2.00. The minimum Gasteiger partial charge on any atom is -0.392 e. The van der Waals surface area contributed by atoms with Crippen molar-refractivity contribution in [1.29, 1.82) is 0 Å². The van der Waals surface area contributed by atoms with E-state index in [9.17, 15) is 5.11 Å². The SMILES string of the molecule is C[C@@H]1CN(CCCNc2nc3ccc(CO)cc3n2C)C[C@H](C)O1. The van der Waals surface area contributed by atoms with Crippen LogP contribution in [0.4, 0.5) is 5.95 Å². The van der Waals surface area contributed by atoms with Gasteiger partial charge in [0.05, 0.1) is 29.8 Å². The van der Waals surface area contributed by atoms with Gasteiger partial charge >= 0.3 is 0 Å². The normalized spacial score (nSPS) is 22.2. The third kappa shape index (κ3) is 3.88. The van der Waals surface area contributed by atoms with Gasteiger partial charge in [0, 0.05) is 33.2 Å². The lowest BCUT2D eigenvalue weighted by atomic mass is 10.2. The maximum absolute atomic E-state index is 9.27. The standard InChI is InChI=1S/C18H28N4O2/c1-13-10-22(11-14(2)24-13)8-4-7-19-18-20-16-6-5-15(12-23)9-17(16)21(18)3/h5-6,9,13-14,23H,4,7-8,10-12H2,1-3H3,(H,19,20)/t13-,14+. The molecule has 2 aromatic rings. The fourth-order valence-corrected chi connectivity index (χ4v) is 3.46. The average Bonchev–Trinajstić information content (AvgIpc) is 2.86. The van der Waals surface area contributed by atoms with Gasteiger partial charge in [-0.1, -0.05) is 6.07 Å². The number of aryl methyl sites for hydroxylation is 1. The summed E-state index contributed by atoms with van der Waals surface area (Å²) >= 11 is 0. The van der Waals surface area contributed by atoms with Crippen molar-refractivity contribution in [3.63, 3.8) is 0 Å². The van der Waals surface area contributed by atoms with Gasteiger partial charge in [-0.2, -0.15) is 0 Å². The Morgan fingerprint density at radius 3 is 2.75 bits per heavy atom. The smallest absolute Gasteiger partial charge is 0.203 e. The lowest BCUT2D eigenvalue weighted by Gasteiger charge is -2.35. The molecular weight excluding hydrogens is 304 g/mol. The zero-order chi connectivity index (χ0) is 17.1. The van der Waals surface area contributed by atoms with Crippen LogP contribution in [0, 0.1) is 0 Å². The number of imidazole rings is 1. The first-order valence-corrected chi connectivity index (χ1v) is 8.74. The predicted molar refractivity (Wildman–Crippen MR) is 96.2 cm³/mol. The Morgan fingerprint density at radius 2 is 2.04 bits per heavy atom. The zero-order valence-electron chi connectivity index (χ0n) is 14.8. The van der Waals surface area contributed by atoms with E-state index >= 15 is 0 Å². The van der Waals surface area contributed by atoms with Crippen LogP contribution in [0.2, 0.25) is 0 Å². The Hall–Kier alpha value is -1.63. The number of anilines is 1. The first-order valence-electron chi connectivity index (χ1n) is 8.74. The van der Waals surface area contributed by atoms with Crippen LogP contribution < -0.4 is 5.32 Å². The number of ether oxygens (including phenoxy) is 1. The molecule has 2 N–H and O–H groups in total. The van der Waals surface area contributed by atoms with E-state index in [0.717, 1.165) is 55.1 Å². The molecule has 1 aromatic heterocycles. The molecule has 0 radical (unpaired) electrons. The van der Waals surface area contributed by atoms with E-state index in [0.29, 0.717) is 12.2 Å². The average molecular weight is 332 g/mol. The largest absolute Gasteiger partial charge is 0.392 e. The molecular formula is C18H28N4O2. The number of aliphatic hydroxyl groups excluding tert-OH is 1. The van der Waals surface area contributed by atoms with Crippen molar-refractivity contribution in [2.75, 3.05) is 31.5 Å². The summed E-state index contributed by atoms with van der Waals surface area (Å²) in [5, 5.41) is 12.7. The highest BCUT2D eigenvalue weighted by Gasteiger charge is 2.21. The van der Waals surface area contributed by atoms with Crippen molar-refractivity contribution in [2.24, 2.45) is 7.05 Å². The lowest BCUT2D eigenvalue weighted by molar-refractivity contribution is -0.0678. The van der Waals surface area contributed by atoms with Gasteiger partial charge in [-0.3, -0.25) is 4.90 Å². The number of nitrogens with one attached hydrogen (secondary N) is 1. The molecule has 6 heteroatoms. The number of hydrogen-bond donors (Lipinski definition) is 2. The Labute approximate surface area is 143 Å². The van der Waals surface area contributed by atoms with Crippen molar-refractivity contribution in [2.45, 2.75) is 39.1 Å². The molecule has 24 heavy (non-hydrogen) atoms. The third-order valence-corrected chi connectivity index (χ3v) is 4.56. The van der Waals surface area contributed by atoms with Crippen LogP contribution in [-0.2, 0) is 18.4 Å². The molecule has 0 bridgehead atoms. The number of morpholine rings is 1. The molecule has 0 unspecified atom stereocenters. The first kappa shape index (κ1) is 17.2. The molecule has 1 aliphatic heterocycles. The molecule has 0 amide bonds. The molecule has 2 atom stereocenters. The van der Waals surface area contributed by atoms with Crippen molar-refractivity contribution >= 4 is 17.0 Å². The fourth-order valence-electron chi connectivity index (χ4n) is 3.46. The molecule has 0 saturated carbocycles. The molecule has 6 nitrogen and oxygen atoms in total. The summed E-state index contributed by atoms with van der Waals surface area (Å²) in [5.41, 5.74) is 2.90. The number of hydrogen-bond acceptors (Lipinski definition) is 5. The molecule has 1 saturated heterocycles. The Morgan fingerprint density at radius 1 is 1.29 bits per heavy atom. The topological polar surface area (TPSA) is 62.5 Å². The molecule has 1 fully saturated rings. The van der Waals surface area contributed by atoms with E-state index in [4.69, 9.17) is 4.74 Å². The highest BCUT2D eigenvalue weighted by molar-refractivity contribution is 5.79. The quantitative estimate of drug-likeness (QED) is 0.792. The summed E-state index contributed by atoms with van der Waals surface area (Å²) < 4.78 is 7.82. The van der Waals surface area contributed by atoms with Crippen LogP contribution in [-0.4, -0.2) is 57.9 Å². The van der Waals surface area contributed by atoms with E-state index in [1.165, 1.54) is 0 Å². The van der Waals surface area contributed by atoms with Gasteiger partial charge in [-0.25, -0.2) is 4.98 Å². The second-order valence-corrected chi connectivity index (χ2v) is 6.77. The van der Waals surface area contributed by atoms with Gasteiger partial charge in [0.25, 0.3) is 0 Å². The van der Waals surface area contributed by atoms with Crippen LogP contribution in [0.15, 0.2) is 18.2 Å². The van der Waals surface area contributed by atoms with Gasteiger partial charge in [0.2, 0.25) is 5.95 Å². The van der Waals surface area contributed by atoms with E-state index in [-0.39, 0.29) is 6.61 Å². The Bertz CT molecular complexity index is 675. The van der Waals surface area contributed by atoms with E-state index < -0.39 is 0 Å². The molecule has 0 spiro atoms. The van der Waals surface area contributed by atoms with Crippen LogP contribution in [0.5, 0.6) is 0 Å². The molecule has 3 rings (SSSR count). The Balaban J connectivity index is 1.53. The highest BCUT2D eigenvalue weighted by Crippen LogP contribution is 2.20. The summed E-state index contributed by atoms with van der Waals surface area (Å²) in [5.74, 6) is 0.879. The Kier molecular flexibility index (Phi) is 5.38. The van der Waals surface area contributed by atoms with Gasteiger partial charge in [-0.05, 0) is 38.0 Å². The maximum atomic E-state index is 9.27. The number of aromatic nitrogens is 2. The van der Waals surface area contributed by atoms with Crippen molar-refractivity contribution in [3.8, 4) is 0 Å². The summed E-state index contributed by atoms with van der Waals surface area (Å²) in [6.45, 7) is 8.33. The van der Waals surface area contributed by atoms with Gasteiger partial charge in [-0.15, -0.1) is 0 Å². The van der Waals surface area contributed by atoms with Crippen LogP contribution in [0.25, 0.3) is 11.0 Å². The van der Waals surface area contributed by atoms with Crippen LogP contribution >= 0.6 is 0 Å². The minimum absolute atomic E-state index is 0.0558. The van der Waals surface area contributed by atoms with Crippen LogP contribution in [0.1, 0.15) is 25.8 Å². The third-order valence-electron chi connectivity index (χ3n) is 4.56.